The Morgan fingerprint density at radius 1 is 1.31 bits per heavy atom. The van der Waals surface area contributed by atoms with E-state index in [2.05, 4.69) is 26.1 Å². The van der Waals surface area contributed by atoms with Crippen LogP contribution in [0.15, 0.2) is 6.20 Å². The van der Waals surface area contributed by atoms with Crippen LogP contribution >= 0.6 is 0 Å². The van der Waals surface area contributed by atoms with E-state index >= 15 is 0 Å². The molecule has 2 atom stereocenters. The predicted molar refractivity (Wildman–Crippen MR) is 57.0 cm³/mol. The molecule has 16 heavy (non-hydrogen) atoms. The first-order chi connectivity index (χ1) is 7.83. The van der Waals surface area contributed by atoms with E-state index in [1.807, 2.05) is 6.92 Å². The maximum Gasteiger partial charge on any atom is 0.0796 e. The molecule has 0 amide bonds. The van der Waals surface area contributed by atoms with E-state index in [0.717, 1.165) is 30.7 Å². The second-order valence-corrected chi connectivity index (χ2v) is 5.30. The standard InChI is InChI=1S/C11H16N4O/c1-7-2-15(13-12-7)11-9-3-14(4-10(9)11)8-5-16-6-8/h2,8-11H,3-6H2,1H3. The SMILES string of the molecule is Cc1cn(C2C3CN(C4COC4)CC32)nn1. The number of aromatic nitrogens is 3. The van der Waals surface area contributed by atoms with Crippen molar-refractivity contribution >= 4 is 0 Å². The average Bonchev–Trinajstić information content (AvgIpc) is 2.61. The van der Waals surface area contributed by atoms with E-state index in [1.165, 1.54) is 13.1 Å². The van der Waals surface area contributed by atoms with E-state index in [4.69, 9.17) is 4.74 Å². The van der Waals surface area contributed by atoms with Gasteiger partial charge in [-0.3, -0.25) is 4.90 Å². The Kier molecular flexibility index (Phi) is 1.74. The highest BCUT2D eigenvalue weighted by atomic mass is 16.5. The molecule has 1 aromatic rings. The largest absolute Gasteiger partial charge is 0.378 e. The fraction of sp³-hybridized carbons (Fsp3) is 0.818. The second kappa shape index (κ2) is 3.05. The summed E-state index contributed by atoms with van der Waals surface area (Å²) in [5.41, 5.74) is 1.02. The normalized spacial score (nSPS) is 38.4. The van der Waals surface area contributed by atoms with Crippen LogP contribution < -0.4 is 0 Å². The van der Waals surface area contributed by atoms with Gasteiger partial charge in [0.1, 0.15) is 0 Å². The molecule has 4 rings (SSSR count). The lowest BCUT2D eigenvalue weighted by molar-refractivity contribution is -0.0617. The molecular weight excluding hydrogens is 204 g/mol. The zero-order chi connectivity index (χ0) is 10.7. The van der Waals surface area contributed by atoms with Gasteiger partial charge in [0.2, 0.25) is 0 Å². The quantitative estimate of drug-likeness (QED) is 0.708. The third kappa shape index (κ3) is 1.18. The van der Waals surface area contributed by atoms with Crippen LogP contribution in [0.5, 0.6) is 0 Å². The smallest absolute Gasteiger partial charge is 0.0796 e. The van der Waals surface area contributed by atoms with Gasteiger partial charge in [0.25, 0.3) is 0 Å². The van der Waals surface area contributed by atoms with E-state index in [9.17, 15) is 0 Å². The van der Waals surface area contributed by atoms with Crippen LogP contribution in [0.25, 0.3) is 0 Å². The summed E-state index contributed by atoms with van der Waals surface area (Å²) in [6.45, 7) is 6.32. The summed E-state index contributed by atoms with van der Waals surface area (Å²) in [7, 11) is 0. The Morgan fingerprint density at radius 3 is 2.56 bits per heavy atom. The van der Waals surface area contributed by atoms with Gasteiger partial charge in [-0.05, 0) is 6.92 Å². The van der Waals surface area contributed by atoms with Crippen LogP contribution in [0, 0.1) is 18.8 Å². The third-order valence-corrected chi connectivity index (χ3v) is 4.24. The Bertz CT molecular complexity index is 402. The van der Waals surface area contributed by atoms with Crippen LogP contribution in [-0.4, -0.2) is 52.2 Å². The minimum atomic E-state index is 0.624. The predicted octanol–water partition coefficient (Wildman–Crippen LogP) is 0.0880. The Morgan fingerprint density at radius 2 is 2.06 bits per heavy atom. The van der Waals surface area contributed by atoms with Crippen LogP contribution in [-0.2, 0) is 4.74 Å². The van der Waals surface area contributed by atoms with Gasteiger partial charge in [-0.2, -0.15) is 0 Å². The molecule has 0 aromatic carbocycles. The van der Waals surface area contributed by atoms with Crippen LogP contribution in [0.2, 0.25) is 0 Å². The monoisotopic (exact) mass is 220 g/mol. The van der Waals surface area contributed by atoms with Crippen molar-refractivity contribution < 1.29 is 4.74 Å². The fourth-order valence-corrected chi connectivity index (χ4v) is 3.16. The Labute approximate surface area is 94.4 Å². The van der Waals surface area contributed by atoms with Gasteiger partial charge in [-0.15, -0.1) is 5.10 Å². The topological polar surface area (TPSA) is 43.2 Å². The van der Waals surface area contributed by atoms with Crippen LogP contribution in [0.4, 0.5) is 0 Å². The summed E-state index contributed by atoms with van der Waals surface area (Å²) >= 11 is 0. The highest BCUT2D eigenvalue weighted by Gasteiger charge is 2.58. The number of hydrogen-bond acceptors (Lipinski definition) is 4. The maximum absolute atomic E-state index is 5.24. The molecule has 0 bridgehead atoms. The highest BCUT2D eigenvalue weighted by Crippen LogP contribution is 2.55. The Hall–Kier alpha value is -0.940. The molecule has 1 aliphatic carbocycles. The third-order valence-electron chi connectivity index (χ3n) is 4.24. The molecular formula is C11H16N4O. The summed E-state index contributed by atoms with van der Waals surface area (Å²) < 4.78 is 7.31. The van der Waals surface area contributed by atoms with Crippen molar-refractivity contribution in [2.24, 2.45) is 11.8 Å². The Balaban J connectivity index is 1.43. The first kappa shape index (κ1) is 9.13. The van der Waals surface area contributed by atoms with Crippen molar-refractivity contribution in [3.05, 3.63) is 11.9 Å². The van der Waals surface area contributed by atoms with Crippen molar-refractivity contribution in [1.29, 1.82) is 0 Å². The molecule has 3 heterocycles. The van der Waals surface area contributed by atoms with Crippen molar-refractivity contribution in [3.63, 3.8) is 0 Å². The molecule has 0 N–H and O–H groups in total. The lowest BCUT2D eigenvalue weighted by Crippen LogP contribution is -2.49. The van der Waals surface area contributed by atoms with Gasteiger partial charge in [0.05, 0.1) is 31.0 Å². The number of aryl methyl sites for hydroxylation is 1. The number of ether oxygens (including phenoxy) is 1. The lowest BCUT2D eigenvalue weighted by atomic mass is 10.2. The number of hydrogen-bond donors (Lipinski definition) is 0. The molecule has 2 saturated heterocycles. The molecule has 86 valence electrons. The lowest BCUT2D eigenvalue weighted by Gasteiger charge is -2.35. The minimum Gasteiger partial charge on any atom is -0.378 e. The molecule has 5 heteroatoms. The molecule has 5 nitrogen and oxygen atoms in total. The molecule has 3 fully saturated rings. The van der Waals surface area contributed by atoms with Gasteiger partial charge in [0, 0.05) is 31.1 Å². The van der Waals surface area contributed by atoms with Gasteiger partial charge in [0.15, 0.2) is 0 Å². The van der Waals surface area contributed by atoms with E-state index in [-0.39, 0.29) is 0 Å². The molecule has 2 unspecified atom stereocenters. The summed E-state index contributed by atoms with van der Waals surface area (Å²) in [4.78, 5) is 2.58. The maximum atomic E-state index is 5.24. The van der Waals surface area contributed by atoms with Gasteiger partial charge in [-0.25, -0.2) is 4.68 Å². The molecule has 1 aromatic heterocycles. The van der Waals surface area contributed by atoms with Gasteiger partial charge >= 0.3 is 0 Å². The molecule has 0 spiro atoms. The zero-order valence-electron chi connectivity index (χ0n) is 9.41. The second-order valence-electron chi connectivity index (χ2n) is 5.30. The van der Waals surface area contributed by atoms with Crippen molar-refractivity contribution in [3.8, 4) is 0 Å². The molecule has 1 saturated carbocycles. The number of nitrogens with zero attached hydrogens (tertiary/aromatic N) is 4. The number of rotatable bonds is 2. The highest BCUT2D eigenvalue weighted by molar-refractivity contribution is 5.10. The summed E-state index contributed by atoms with van der Waals surface area (Å²) in [6.07, 6.45) is 2.07. The first-order valence-electron chi connectivity index (χ1n) is 6.03. The van der Waals surface area contributed by atoms with E-state index in [0.29, 0.717) is 12.1 Å². The van der Waals surface area contributed by atoms with Crippen LogP contribution in [0.1, 0.15) is 11.7 Å². The van der Waals surface area contributed by atoms with Crippen molar-refractivity contribution in [2.45, 2.75) is 19.0 Å². The zero-order valence-corrected chi connectivity index (χ0v) is 9.41. The first-order valence-corrected chi connectivity index (χ1v) is 6.03. The van der Waals surface area contributed by atoms with Crippen LogP contribution in [0.3, 0.4) is 0 Å². The number of likely N-dealkylation sites (tertiary alicyclic amines) is 1. The van der Waals surface area contributed by atoms with Crippen molar-refractivity contribution in [2.75, 3.05) is 26.3 Å². The van der Waals surface area contributed by atoms with Gasteiger partial charge in [-0.1, -0.05) is 5.21 Å². The van der Waals surface area contributed by atoms with E-state index in [1.54, 1.807) is 0 Å². The average molecular weight is 220 g/mol. The molecule has 0 radical (unpaired) electrons. The molecule has 3 aliphatic rings. The molecule has 2 aliphatic heterocycles. The van der Waals surface area contributed by atoms with Crippen molar-refractivity contribution in [1.82, 2.24) is 19.9 Å². The summed E-state index contributed by atoms with van der Waals surface area (Å²) in [6, 6.07) is 1.32. The number of piperidine rings is 1. The summed E-state index contributed by atoms with van der Waals surface area (Å²) in [5, 5.41) is 8.25. The minimum absolute atomic E-state index is 0.624. The van der Waals surface area contributed by atoms with E-state index < -0.39 is 0 Å². The van der Waals surface area contributed by atoms with Gasteiger partial charge < -0.3 is 4.74 Å². The fourth-order valence-electron chi connectivity index (χ4n) is 3.16. The number of fused-ring (bicyclic) bond motifs is 1. The summed E-state index contributed by atoms with van der Waals surface area (Å²) in [5.74, 6) is 1.61.